The van der Waals surface area contributed by atoms with Gasteiger partial charge < -0.3 is 9.15 Å². The van der Waals surface area contributed by atoms with Crippen LogP contribution in [0.15, 0.2) is 35.2 Å². The molecule has 1 aromatic rings. The molecule has 5 nitrogen and oxygen atoms in total. The van der Waals surface area contributed by atoms with Crippen molar-refractivity contribution >= 4 is 17.5 Å². The molecular weight excluding hydrogens is 416 g/mol. The van der Waals surface area contributed by atoms with Gasteiger partial charge in [0, 0.05) is 30.1 Å². The maximum atomic E-state index is 13.8. The average molecular weight is 453 g/mol. The summed E-state index contributed by atoms with van der Waals surface area (Å²) < 4.78 is 11.5. The van der Waals surface area contributed by atoms with Gasteiger partial charge in [0.15, 0.2) is 5.78 Å². The van der Waals surface area contributed by atoms with E-state index in [2.05, 4.69) is 26.8 Å². The lowest BCUT2D eigenvalue weighted by atomic mass is 9.37. The number of ketones is 2. The maximum absolute atomic E-state index is 13.8. The molecule has 0 amide bonds. The third-order valence-corrected chi connectivity index (χ3v) is 10.5. The van der Waals surface area contributed by atoms with Crippen molar-refractivity contribution in [3.05, 3.63) is 36.3 Å². The number of hydrogen-bond donors (Lipinski definition) is 0. The van der Waals surface area contributed by atoms with Gasteiger partial charge in [-0.25, -0.2) is 0 Å². The summed E-state index contributed by atoms with van der Waals surface area (Å²) in [6.45, 7) is 12.2. The second kappa shape index (κ2) is 6.93. The first-order valence-corrected chi connectivity index (χ1v) is 12.3. The van der Waals surface area contributed by atoms with Crippen molar-refractivity contribution in [1.82, 2.24) is 0 Å². The molecule has 0 radical (unpaired) electrons. The second-order valence-electron chi connectivity index (χ2n) is 12.3. The Labute approximate surface area is 196 Å². The highest BCUT2D eigenvalue weighted by atomic mass is 16.5. The third kappa shape index (κ3) is 2.80. The molecule has 0 N–H and O–H groups in total. The fourth-order valence-electron chi connectivity index (χ4n) is 9.11. The van der Waals surface area contributed by atoms with Gasteiger partial charge in [-0.15, -0.1) is 0 Å². The molecule has 4 aliphatic rings. The van der Waals surface area contributed by atoms with Gasteiger partial charge in [0.1, 0.15) is 11.9 Å². The number of allylic oxidation sites excluding steroid dienone is 2. The van der Waals surface area contributed by atoms with Gasteiger partial charge in [0.05, 0.1) is 12.5 Å². The molecule has 0 aromatic carbocycles. The fourth-order valence-corrected chi connectivity index (χ4v) is 9.11. The van der Waals surface area contributed by atoms with E-state index in [0.717, 1.165) is 18.4 Å². The van der Waals surface area contributed by atoms with Gasteiger partial charge in [-0.2, -0.15) is 0 Å². The van der Waals surface area contributed by atoms with Crippen LogP contribution in [0.2, 0.25) is 0 Å². The van der Waals surface area contributed by atoms with Crippen molar-refractivity contribution in [2.75, 3.05) is 0 Å². The minimum Gasteiger partial charge on any atom is -0.472 e. The molecular formula is C28H36O5. The number of furan rings is 1. The lowest BCUT2D eigenvalue weighted by molar-refractivity contribution is -0.221. The molecule has 1 aromatic heterocycles. The number of esters is 1. The number of ether oxygens (including phenoxy) is 1. The summed E-state index contributed by atoms with van der Waals surface area (Å²) in [5, 5.41) is 0. The quantitative estimate of drug-likeness (QED) is 0.554. The fraction of sp³-hybridized carbons (Fsp3) is 0.679. The summed E-state index contributed by atoms with van der Waals surface area (Å²) in [5.74, 6) is 0.174. The summed E-state index contributed by atoms with van der Waals surface area (Å²) >= 11 is 0. The standard InChI is InChI=1S/C28H36O5/c1-16(29)33-23-14-21-25(2,3)22(31)8-11-27(21,5)20-7-10-26(4)18(17-9-12-32-15-17)13-19(30)24(26)28(20,23)6/h8-9,11-12,15,18,20-21,23-24H,7,10,13-14H2,1-6H3/t18-,20+,21-,23+,24+,26-,27+,28-/m0/s1. The highest BCUT2D eigenvalue weighted by Crippen LogP contribution is 2.73. The second-order valence-corrected chi connectivity index (χ2v) is 12.3. The van der Waals surface area contributed by atoms with E-state index >= 15 is 0 Å². The van der Waals surface area contributed by atoms with E-state index in [-0.39, 0.29) is 52.0 Å². The molecule has 0 aliphatic heterocycles. The molecule has 3 saturated carbocycles. The first-order valence-electron chi connectivity index (χ1n) is 12.3. The summed E-state index contributed by atoms with van der Waals surface area (Å²) in [7, 11) is 0. The van der Waals surface area contributed by atoms with Gasteiger partial charge in [-0.1, -0.05) is 40.7 Å². The van der Waals surface area contributed by atoms with Gasteiger partial charge in [0.25, 0.3) is 0 Å². The molecule has 8 atom stereocenters. The van der Waals surface area contributed by atoms with E-state index in [0.29, 0.717) is 12.8 Å². The molecule has 0 spiro atoms. The number of carbonyl (C=O) groups is 3. The SMILES string of the molecule is CC(=O)O[C@@H]1C[C@H]2C(C)(C)C(=O)C=C[C@]2(C)[C@H]2CC[C@]3(C)[C@@H](C(=O)C[C@H]3c3ccoc3)[C@@]21C. The van der Waals surface area contributed by atoms with Crippen molar-refractivity contribution in [1.29, 1.82) is 0 Å². The molecule has 178 valence electrons. The summed E-state index contributed by atoms with van der Waals surface area (Å²) in [6.07, 6.45) is 9.91. The molecule has 0 bridgehead atoms. The van der Waals surface area contributed by atoms with Crippen LogP contribution < -0.4 is 0 Å². The molecule has 0 unspecified atom stereocenters. The normalized spacial score (nSPS) is 45.8. The zero-order valence-electron chi connectivity index (χ0n) is 20.6. The zero-order chi connectivity index (χ0) is 24.0. The summed E-state index contributed by atoms with van der Waals surface area (Å²) in [4.78, 5) is 39.0. The zero-order valence-corrected chi connectivity index (χ0v) is 20.6. The van der Waals surface area contributed by atoms with E-state index < -0.39 is 16.9 Å². The highest BCUT2D eigenvalue weighted by molar-refractivity contribution is 5.96. The van der Waals surface area contributed by atoms with Crippen molar-refractivity contribution in [2.24, 2.45) is 39.4 Å². The van der Waals surface area contributed by atoms with E-state index in [4.69, 9.17) is 9.15 Å². The van der Waals surface area contributed by atoms with Crippen LogP contribution in [0.4, 0.5) is 0 Å². The largest absolute Gasteiger partial charge is 0.472 e. The van der Waals surface area contributed by atoms with Crippen LogP contribution in [0.5, 0.6) is 0 Å². The first-order chi connectivity index (χ1) is 15.4. The van der Waals surface area contributed by atoms with Crippen molar-refractivity contribution in [2.45, 2.75) is 79.2 Å². The minimum absolute atomic E-state index is 0.0513. The smallest absolute Gasteiger partial charge is 0.302 e. The Balaban J connectivity index is 1.67. The van der Waals surface area contributed by atoms with E-state index in [1.54, 1.807) is 18.6 Å². The van der Waals surface area contributed by atoms with Gasteiger partial charge in [0.2, 0.25) is 0 Å². The van der Waals surface area contributed by atoms with Crippen molar-refractivity contribution in [3.63, 3.8) is 0 Å². The van der Waals surface area contributed by atoms with E-state index in [1.165, 1.54) is 6.92 Å². The lowest BCUT2D eigenvalue weighted by Crippen LogP contribution is -2.67. The Morgan fingerprint density at radius 3 is 2.48 bits per heavy atom. The van der Waals surface area contributed by atoms with Gasteiger partial charge >= 0.3 is 5.97 Å². The topological polar surface area (TPSA) is 73.6 Å². The number of fused-ring (bicyclic) bond motifs is 5. The van der Waals surface area contributed by atoms with E-state index in [9.17, 15) is 14.4 Å². The minimum atomic E-state index is -0.539. The monoisotopic (exact) mass is 452 g/mol. The Bertz CT molecular complexity index is 1030. The average Bonchev–Trinajstić information content (AvgIpc) is 3.33. The van der Waals surface area contributed by atoms with Gasteiger partial charge in [-0.3, -0.25) is 14.4 Å². The molecule has 33 heavy (non-hydrogen) atoms. The predicted molar refractivity (Wildman–Crippen MR) is 123 cm³/mol. The predicted octanol–water partition coefficient (Wildman–Crippen LogP) is 5.50. The van der Waals surface area contributed by atoms with Crippen LogP contribution in [0, 0.1) is 39.4 Å². The Kier molecular flexibility index (Phi) is 4.75. The van der Waals surface area contributed by atoms with E-state index in [1.807, 2.05) is 19.9 Å². The molecule has 4 aliphatic carbocycles. The van der Waals surface area contributed by atoms with Crippen molar-refractivity contribution < 1.29 is 23.5 Å². The Morgan fingerprint density at radius 2 is 1.85 bits per heavy atom. The van der Waals surface area contributed by atoms with Crippen molar-refractivity contribution in [3.8, 4) is 0 Å². The van der Waals surface area contributed by atoms with Crippen LogP contribution in [0.1, 0.15) is 78.7 Å². The van der Waals surface area contributed by atoms with Crippen LogP contribution >= 0.6 is 0 Å². The van der Waals surface area contributed by atoms with Crippen LogP contribution in [-0.4, -0.2) is 23.6 Å². The maximum Gasteiger partial charge on any atom is 0.302 e. The third-order valence-electron chi connectivity index (χ3n) is 10.5. The number of hydrogen-bond acceptors (Lipinski definition) is 5. The molecule has 1 heterocycles. The summed E-state index contributed by atoms with van der Waals surface area (Å²) in [5.41, 5.74) is -0.414. The lowest BCUT2D eigenvalue weighted by Gasteiger charge is -2.67. The van der Waals surface area contributed by atoms with Gasteiger partial charge in [-0.05, 0) is 65.6 Å². The molecule has 0 saturated heterocycles. The van der Waals surface area contributed by atoms with Crippen LogP contribution in [0.3, 0.4) is 0 Å². The van der Waals surface area contributed by atoms with Crippen LogP contribution in [0.25, 0.3) is 0 Å². The number of Topliss-reactive ketones (excluding diaryl/α,β-unsaturated/α-hetero) is 1. The van der Waals surface area contributed by atoms with Crippen LogP contribution in [-0.2, 0) is 19.1 Å². The molecule has 3 fully saturated rings. The summed E-state index contributed by atoms with van der Waals surface area (Å²) in [6, 6.07) is 1.99. The first kappa shape index (κ1) is 22.6. The Hall–Kier alpha value is -2.17. The Morgan fingerprint density at radius 1 is 1.12 bits per heavy atom. The number of carbonyl (C=O) groups excluding carboxylic acids is 3. The highest BCUT2D eigenvalue weighted by Gasteiger charge is 2.72. The molecule has 5 rings (SSSR count). The molecule has 5 heteroatoms. The number of rotatable bonds is 2.